The van der Waals surface area contributed by atoms with Gasteiger partial charge in [0.1, 0.15) is 5.82 Å². The summed E-state index contributed by atoms with van der Waals surface area (Å²) in [7, 11) is 0. The Hall–Kier alpha value is -3.55. The molecular formula is C27H24Cl2FN3O3. The first kappa shape index (κ1) is 25.5. The van der Waals surface area contributed by atoms with Gasteiger partial charge in [0, 0.05) is 36.2 Å². The zero-order chi connectivity index (χ0) is 25.8. The number of halogens is 3. The smallest absolute Gasteiger partial charge is 0.408 e. The Bertz CT molecular complexity index is 1430. The molecule has 0 bridgehead atoms. The first-order valence-electron chi connectivity index (χ1n) is 11.4. The average Bonchev–Trinajstić information content (AvgIpc) is 3.27. The summed E-state index contributed by atoms with van der Waals surface area (Å²) in [5, 5.41) is 4.15. The van der Waals surface area contributed by atoms with Crippen molar-refractivity contribution in [2.24, 2.45) is 0 Å². The van der Waals surface area contributed by atoms with Crippen LogP contribution in [0.1, 0.15) is 29.8 Å². The van der Waals surface area contributed by atoms with Gasteiger partial charge in [-0.25, -0.2) is 9.18 Å². The molecule has 0 spiro atoms. The van der Waals surface area contributed by atoms with Gasteiger partial charge < -0.3 is 19.5 Å². The van der Waals surface area contributed by atoms with E-state index in [4.69, 9.17) is 27.9 Å². The molecule has 1 heterocycles. The number of aromatic nitrogens is 1. The molecule has 1 N–H and O–H groups in total. The lowest BCUT2D eigenvalue weighted by atomic mass is 10.1. The van der Waals surface area contributed by atoms with Gasteiger partial charge in [-0.1, -0.05) is 41.4 Å². The Morgan fingerprint density at radius 1 is 1.00 bits per heavy atom. The van der Waals surface area contributed by atoms with Gasteiger partial charge in [-0.2, -0.15) is 0 Å². The number of amides is 2. The number of carbonyl (C=O) groups excluding carboxylic acids is 2. The van der Waals surface area contributed by atoms with Gasteiger partial charge in [-0.15, -0.1) is 0 Å². The second-order valence-electron chi connectivity index (χ2n) is 8.03. The highest BCUT2D eigenvalue weighted by molar-refractivity contribution is 6.34. The Balaban J connectivity index is 1.77. The molecule has 3 aromatic carbocycles. The minimum Gasteiger partial charge on any atom is -0.408 e. The molecule has 2 amide bonds. The zero-order valence-electron chi connectivity index (χ0n) is 19.7. The number of ether oxygens (including phenoxy) is 1. The molecule has 0 aliphatic carbocycles. The third-order valence-electron chi connectivity index (χ3n) is 5.84. The first-order valence-corrected chi connectivity index (χ1v) is 12.2. The first-order chi connectivity index (χ1) is 17.3. The van der Waals surface area contributed by atoms with Crippen LogP contribution in [0, 0.1) is 5.82 Å². The lowest BCUT2D eigenvalue weighted by Gasteiger charge is -2.20. The maximum absolute atomic E-state index is 13.8. The SMILES string of the molecule is CCN(CC)C(=O)Oc1ccc2c(ccn2Cc2ccccc2Cl)c1NC(=O)c1cc(F)ccc1Cl. The molecular weight excluding hydrogens is 504 g/mol. The molecule has 9 heteroatoms. The quantitative estimate of drug-likeness (QED) is 0.275. The fourth-order valence-corrected chi connectivity index (χ4v) is 4.31. The molecule has 186 valence electrons. The van der Waals surface area contributed by atoms with Crippen LogP contribution in [0.15, 0.2) is 66.9 Å². The molecule has 0 fully saturated rings. The molecule has 0 saturated carbocycles. The maximum Gasteiger partial charge on any atom is 0.415 e. The summed E-state index contributed by atoms with van der Waals surface area (Å²) in [5.41, 5.74) is 1.94. The lowest BCUT2D eigenvalue weighted by Crippen LogP contribution is -2.33. The minimum absolute atomic E-state index is 0.0369. The van der Waals surface area contributed by atoms with Gasteiger partial charge in [0.2, 0.25) is 0 Å². The molecule has 6 nitrogen and oxygen atoms in total. The molecule has 0 saturated heterocycles. The van der Waals surface area contributed by atoms with Crippen molar-refractivity contribution in [2.45, 2.75) is 20.4 Å². The van der Waals surface area contributed by atoms with Gasteiger partial charge in [-0.3, -0.25) is 4.79 Å². The fourth-order valence-electron chi connectivity index (χ4n) is 3.91. The number of hydrogen-bond acceptors (Lipinski definition) is 3. The largest absolute Gasteiger partial charge is 0.415 e. The molecule has 1 aromatic heterocycles. The van der Waals surface area contributed by atoms with Crippen LogP contribution in [-0.4, -0.2) is 34.6 Å². The summed E-state index contributed by atoms with van der Waals surface area (Å²) in [6.07, 6.45) is 1.31. The number of rotatable bonds is 7. The Morgan fingerprint density at radius 3 is 2.47 bits per heavy atom. The third kappa shape index (κ3) is 5.32. The molecule has 0 aliphatic heterocycles. The van der Waals surface area contributed by atoms with Crippen molar-refractivity contribution < 1.29 is 18.7 Å². The van der Waals surface area contributed by atoms with Crippen molar-refractivity contribution in [3.8, 4) is 5.75 Å². The van der Waals surface area contributed by atoms with Gasteiger partial charge in [0.15, 0.2) is 5.75 Å². The molecule has 4 aromatic rings. The second-order valence-corrected chi connectivity index (χ2v) is 8.84. The van der Waals surface area contributed by atoms with E-state index in [1.165, 1.54) is 17.0 Å². The number of anilines is 1. The van der Waals surface area contributed by atoms with Crippen LogP contribution in [0.5, 0.6) is 5.75 Å². The van der Waals surface area contributed by atoms with Gasteiger partial charge in [0.05, 0.1) is 21.8 Å². The highest BCUT2D eigenvalue weighted by Crippen LogP contribution is 2.36. The number of fused-ring (bicyclic) bond motifs is 1. The number of hydrogen-bond donors (Lipinski definition) is 1. The van der Waals surface area contributed by atoms with Crippen molar-refractivity contribution >= 4 is 51.8 Å². The Labute approximate surface area is 218 Å². The summed E-state index contributed by atoms with van der Waals surface area (Å²) >= 11 is 12.5. The number of nitrogens with one attached hydrogen (secondary N) is 1. The van der Waals surface area contributed by atoms with Crippen LogP contribution >= 0.6 is 23.2 Å². The van der Waals surface area contributed by atoms with Crippen LogP contribution in [0.3, 0.4) is 0 Å². The van der Waals surface area contributed by atoms with E-state index < -0.39 is 17.8 Å². The van der Waals surface area contributed by atoms with Crippen LogP contribution in [-0.2, 0) is 6.54 Å². The van der Waals surface area contributed by atoms with E-state index >= 15 is 0 Å². The summed E-state index contributed by atoms with van der Waals surface area (Å²) in [5.74, 6) is -1.07. The number of nitrogens with zero attached hydrogens (tertiary/aromatic N) is 2. The topological polar surface area (TPSA) is 63.6 Å². The van der Waals surface area contributed by atoms with Crippen LogP contribution in [0.25, 0.3) is 10.9 Å². The van der Waals surface area contributed by atoms with E-state index in [-0.39, 0.29) is 22.0 Å². The molecule has 0 atom stereocenters. The zero-order valence-corrected chi connectivity index (χ0v) is 21.2. The van der Waals surface area contributed by atoms with Gasteiger partial charge in [-0.05, 0) is 61.9 Å². The highest BCUT2D eigenvalue weighted by Gasteiger charge is 2.21. The molecule has 0 aliphatic rings. The predicted molar refractivity (Wildman–Crippen MR) is 141 cm³/mol. The van der Waals surface area contributed by atoms with Crippen molar-refractivity contribution in [3.05, 3.63) is 93.8 Å². The second kappa shape index (κ2) is 11.0. The van der Waals surface area contributed by atoms with Crippen molar-refractivity contribution in [1.29, 1.82) is 0 Å². The molecule has 36 heavy (non-hydrogen) atoms. The van der Waals surface area contributed by atoms with Gasteiger partial charge in [0.25, 0.3) is 5.91 Å². The fraction of sp³-hybridized carbons (Fsp3) is 0.185. The molecule has 4 rings (SSSR count). The van der Waals surface area contributed by atoms with E-state index in [9.17, 15) is 14.0 Å². The average molecular weight is 528 g/mol. The summed E-state index contributed by atoms with van der Waals surface area (Å²) in [6, 6.07) is 16.3. The van der Waals surface area contributed by atoms with E-state index in [1.54, 1.807) is 6.07 Å². The van der Waals surface area contributed by atoms with E-state index in [1.807, 2.05) is 61.0 Å². The molecule has 0 unspecified atom stereocenters. The number of carbonyl (C=O) groups is 2. The minimum atomic E-state index is -0.633. The normalized spacial score (nSPS) is 10.9. The summed E-state index contributed by atoms with van der Waals surface area (Å²) in [6.45, 7) is 5.11. The Kier molecular flexibility index (Phi) is 7.82. The standard InChI is InChI=1S/C27H24Cl2FN3O3/c1-3-32(4-2)27(35)36-24-12-11-23-19(13-14-33(23)16-17-7-5-6-8-21(17)28)25(24)31-26(34)20-15-18(30)9-10-22(20)29/h5-15H,3-4,16H2,1-2H3,(H,31,34). The third-order valence-corrected chi connectivity index (χ3v) is 6.54. The summed E-state index contributed by atoms with van der Waals surface area (Å²) in [4.78, 5) is 27.3. The highest BCUT2D eigenvalue weighted by atomic mass is 35.5. The van der Waals surface area contributed by atoms with E-state index in [2.05, 4.69) is 5.32 Å². The van der Waals surface area contributed by atoms with Crippen molar-refractivity contribution in [3.63, 3.8) is 0 Å². The van der Waals surface area contributed by atoms with E-state index in [0.717, 1.165) is 17.1 Å². The monoisotopic (exact) mass is 527 g/mol. The predicted octanol–water partition coefficient (Wildman–Crippen LogP) is 7.23. The van der Waals surface area contributed by atoms with E-state index in [0.29, 0.717) is 30.0 Å². The van der Waals surface area contributed by atoms with Crippen molar-refractivity contribution in [2.75, 3.05) is 18.4 Å². The Morgan fingerprint density at radius 2 is 1.75 bits per heavy atom. The van der Waals surface area contributed by atoms with Crippen LogP contribution in [0.2, 0.25) is 10.0 Å². The van der Waals surface area contributed by atoms with Crippen LogP contribution < -0.4 is 10.1 Å². The van der Waals surface area contributed by atoms with Crippen molar-refractivity contribution in [1.82, 2.24) is 9.47 Å². The lowest BCUT2D eigenvalue weighted by molar-refractivity contribution is 0.102. The maximum atomic E-state index is 13.8. The number of benzene rings is 3. The molecule has 0 radical (unpaired) electrons. The van der Waals surface area contributed by atoms with Gasteiger partial charge >= 0.3 is 6.09 Å². The summed E-state index contributed by atoms with van der Waals surface area (Å²) < 4.78 is 21.5. The van der Waals surface area contributed by atoms with Crippen LogP contribution in [0.4, 0.5) is 14.9 Å².